The lowest BCUT2D eigenvalue weighted by atomic mass is 9.67. The fourth-order valence-corrected chi connectivity index (χ4v) is 4.78. The normalized spacial score (nSPS) is 21.9. The number of hydrazone groups is 1. The third kappa shape index (κ3) is 3.69. The summed E-state index contributed by atoms with van der Waals surface area (Å²) in [5, 5.41) is 7.05. The summed E-state index contributed by atoms with van der Waals surface area (Å²) in [7, 11) is 7.76. The molecule has 0 N–H and O–H groups in total. The summed E-state index contributed by atoms with van der Waals surface area (Å²) < 4.78 is 6.23. The highest BCUT2D eigenvalue weighted by atomic mass is 16.5. The first-order valence-corrected chi connectivity index (χ1v) is 10.9. The Labute approximate surface area is 185 Å². The number of hydrogen-bond acceptors (Lipinski definition) is 5. The predicted molar refractivity (Wildman–Crippen MR) is 125 cm³/mol. The van der Waals surface area contributed by atoms with Gasteiger partial charge in [-0.15, -0.1) is 0 Å². The first-order valence-electron chi connectivity index (χ1n) is 10.9. The maximum atomic E-state index is 13.5. The van der Waals surface area contributed by atoms with Gasteiger partial charge < -0.3 is 14.5 Å². The lowest BCUT2D eigenvalue weighted by molar-refractivity contribution is -0.122. The van der Waals surface area contributed by atoms with Crippen molar-refractivity contribution in [3.63, 3.8) is 0 Å². The molecule has 1 amide bonds. The fraction of sp³-hybridized carbons (Fsp3) is 0.440. The van der Waals surface area contributed by atoms with Crippen LogP contribution in [0, 0.1) is 6.92 Å². The Balaban J connectivity index is 1.89. The number of aryl methyl sites for hydroxylation is 1. The van der Waals surface area contributed by atoms with Gasteiger partial charge in [-0.1, -0.05) is 36.4 Å². The Kier molecular flexibility index (Phi) is 5.75. The molecule has 31 heavy (non-hydrogen) atoms. The van der Waals surface area contributed by atoms with Crippen molar-refractivity contribution < 1.29 is 9.53 Å². The van der Waals surface area contributed by atoms with Crippen molar-refractivity contribution in [3.8, 4) is 5.75 Å². The highest BCUT2D eigenvalue weighted by Gasteiger charge is 2.56. The van der Waals surface area contributed by atoms with Crippen LogP contribution in [0.3, 0.4) is 0 Å². The molecule has 0 aromatic heterocycles. The maximum absolute atomic E-state index is 13.5. The smallest absolute Gasteiger partial charge is 0.270 e. The van der Waals surface area contributed by atoms with Crippen molar-refractivity contribution in [3.05, 3.63) is 59.7 Å². The van der Waals surface area contributed by atoms with Gasteiger partial charge in [0.1, 0.15) is 29.8 Å². The van der Waals surface area contributed by atoms with Crippen LogP contribution in [0.25, 0.3) is 0 Å². The van der Waals surface area contributed by atoms with Crippen molar-refractivity contribution in [2.75, 3.05) is 46.4 Å². The number of ether oxygens (including phenoxy) is 1. The van der Waals surface area contributed by atoms with E-state index in [1.54, 1.807) is 19.0 Å². The number of anilines is 1. The average Bonchev–Trinajstić information content (AvgIpc) is 3.09. The molecule has 6 heteroatoms. The average molecular weight is 421 g/mol. The molecule has 2 heterocycles. The molecule has 0 fully saturated rings. The number of fused-ring (bicyclic) bond motifs is 3. The van der Waals surface area contributed by atoms with Crippen molar-refractivity contribution in [1.29, 1.82) is 0 Å². The van der Waals surface area contributed by atoms with E-state index in [0.717, 1.165) is 42.0 Å². The number of carbonyl (C=O) groups excluding carboxylic acids is 1. The molecule has 0 aliphatic carbocycles. The topological polar surface area (TPSA) is 48.4 Å². The van der Waals surface area contributed by atoms with E-state index in [2.05, 4.69) is 44.1 Å². The van der Waals surface area contributed by atoms with E-state index in [0.29, 0.717) is 12.3 Å². The van der Waals surface area contributed by atoms with Gasteiger partial charge in [-0.3, -0.25) is 9.80 Å². The number of benzene rings is 2. The lowest BCUT2D eigenvalue weighted by Gasteiger charge is -2.42. The standard InChI is InChI=1S/C25H32N4O2/c1-18-12-13-21-20(16-18)29-22(17-31-21)25(14-9-15-27(2)3,19-10-7-6-8-11-19)23(26-29)24(30)28(4)5/h6-8,10-13,16,22H,9,14-15,17H2,1-5H3/t22?,25-/m1/s1. The first-order chi connectivity index (χ1) is 14.8. The van der Waals surface area contributed by atoms with E-state index in [9.17, 15) is 4.79 Å². The fourth-order valence-electron chi connectivity index (χ4n) is 4.78. The molecule has 0 bridgehead atoms. The monoisotopic (exact) mass is 420 g/mol. The van der Waals surface area contributed by atoms with Gasteiger partial charge in [0.05, 0.1) is 5.41 Å². The van der Waals surface area contributed by atoms with Crippen LogP contribution in [-0.4, -0.2) is 68.8 Å². The predicted octanol–water partition coefficient (Wildman–Crippen LogP) is 3.30. The molecule has 164 valence electrons. The maximum Gasteiger partial charge on any atom is 0.270 e. The van der Waals surface area contributed by atoms with Gasteiger partial charge in [0.2, 0.25) is 0 Å². The summed E-state index contributed by atoms with van der Waals surface area (Å²) in [5.41, 5.74) is 3.26. The molecule has 2 atom stereocenters. The molecule has 0 saturated carbocycles. The van der Waals surface area contributed by atoms with Crippen LogP contribution in [0.1, 0.15) is 24.0 Å². The number of amides is 1. The Morgan fingerprint density at radius 1 is 1.16 bits per heavy atom. The van der Waals surface area contributed by atoms with Crippen molar-refractivity contribution in [2.45, 2.75) is 31.2 Å². The first kappa shape index (κ1) is 21.4. The highest BCUT2D eigenvalue weighted by molar-refractivity contribution is 6.43. The Morgan fingerprint density at radius 3 is 2.58 bits per heavy atom. The molecule has 4 rings (SSSR count). The van der Waals surface area contributed by atoms with E-state index < -0.39 is 5.41 Å². The molecule has 2 aromatic carbocycles. The van der Waals surface area contributed by atoms with Crippen molar-refractivity contribution in [2.24, 2.45) is 5.10 Å². The van der Waals surface area contributed by atoms with Gasteiger partial charge >= 0.3 is 0 Å². The number of rotatable bonds is 6. The second kappa shape index (κ2) is 8.35. The third-order valence-corrected chi connectivity index (χ3v) is 6.33. The SMILES string of the molecule is Cc1ccc2c(c1)N1N=C(C(=O)N(C)C)[C@](CCCN(C)C)(c3ccccc3)C1CO2. The molecule has 6 nitrogen and oxygen atoms in total. The second-order valence-electron chi connectivity index (χ2n) is 9.03. The zero-order valence-electron chi connectivity index (χ0n) is 19.1. The molecule has 0 saturated heterocycles. The van der Waals surface area contributed by atoms with Crippen LogP contribution in [-0.2, 0) is 10.2 Å². The van der Waals surface area contributed by atoms with Crippen LogP contribution < -0.4 is 9.75 Å². The van der Waals surface area contributed by atoms with Crippen LogP contribution in [0.5, 0.6) is 5.75 Å². The van der Waals surface area contributed by atoms with Gasteiger partial charge in [-0.2, -0.15) is 5.10 Å². The largest absolute Gasteiger partial charge is 0.489 e. The molecular weight excluding hydrogens is 388 g/mol. The number of nitrogens with zero attached hydrogens (tertiary/aromatic N) is 4. The summed E-state index contributed by atoms with van der Waals surface area (Å²) in [6, 6.07) is 16.4. The number of carbonyl (C=O) groups is 1. The minimum absolute atomic E-state index is 0.0442. The van der Waals surface area contributed by atoms with Crippen LogP contribution in [0.15, 0.2) is 53.6 Å². The van der Waals surface area contributed by atoms with Gasteiger partial charge in [0.15, 0.2) is 0 Å². The molecule has 0 radical (unpaired) electrons. The Hall–Kier alpha value is -2.86. The van der Waals surface area contributed by atoms with Gasteiger partial charge in [-0.25, -0.2) is 0 Å². The third-order valence-electron chi connectivity index (χ3n) is 6.33. The molecule has 2 aliphatic rings. The van der Waals surface area contributed by atoms with E-state index >= 15 is 0 Å². The van der Waals surface area contributed by atoms with Crippen LogP contribution in [0.2, 0.25) is 0 Å². The Bertz CT molecular complexity index is 986. The van der Waals surface area contributed by atoms with Gasteiger partial charge in [-0.05, 0) is 63.7 Å². The minimum atomic E-state index is -0.542. The van der Waals surface area contributed by atoms with Gasteiger partial charge in [0.25, 0.3) is 5.91 Å². The van der Waals surface area contributed by atoms with Gasteiger partial charge in [0, 0.05) is 14.1 Å². The van der Waals surface area contributed by atoms with E-state index in [1.165, 1.54) is 0 Å². The van der Waals surface area contributed by atoms with E-state index in [-0.39, 0.29) is 11.9 Å². The second-order valence-corrected chi connectivity index (χ2v) is 9.03. The minimum Gasteiger partial charge on any atom is -0.489 e. The summed E-state index contributed by atoms with van der Waals surface area (Å²) in [4.78, 5) is 17.3. The summed E-state index contributed by atoms with van der Waals surface area (Å²) in [6.07, 6.45) is 1.77. The molecule has 1 unspecified atom stereocenters. The lowest BCUT2D eigenvalue weighted by Crippen LogP contribution is -2.55. The van der Waals surface area contributed by atoms with E-state index in [4.69, 9.17) is 9.84 Å². The molecular formula is C25H32N4O2. The summed E-state index contributed by atoms with van der Waals surface area (Å²) in [5.74, 6) is 0.775. The van der Waals surface area contributed by atoms with E-state index in [1.807, 2.05) is 35.3 Å². The Morgan fingerprint density at radius 2 is 1.90 bits per heavy atom. The number of hydrogen-bond donors (Lipinski definition) is 0. The van der Waals surface area contributed by atoms with Crippen molar-refractivity contribution >= 4 is 17.3 Å². The summed E-state index contributed by atoms with van der Waals surface area (Å²) >= 11 is 0. The summed E-state index contributed by atoms with van der Waals surface area (Å²) in [6.45, 7) is 3.50. The van der Waals surface area contributed by atoms with Crippen LogP contribution in [0.4, 0.5) is 5.69 Å². The molecule has 2 aliphatic heterocycles. The zero-order valence-corrected chi connectivity index (χ0v) is 19.1. The van der Waals surface area contributed by atoms with Crippen LogP contribution >= 0.6 is 0 Å². The zero-order chi connectivity index (χ0) is 22.2. The highest BCUT2D eigenvalue weighted by Crippen LogP contribution is 2.48. The molecule has 2 aromatic rings. The molecule has 0 spiro atoms. The quantitative estimate of drug-likeness (QED) is 0.720. The van der Waals surface area contributed by atoms with Crippen molar-refractivity contribution in [1.82, 2.24) is 9.80 Å².